The van der Waals surface area contributed by atoms with Gasteiger partial charge in [-0.2, -0.15) is 0 Å². The van der Waals surface area contributed by atoms with Gasteiger partial charge in [-0.15, -0.1) is 0 Å². The Morgan fingerprint density at radius 1 is 1.24 bits per heavy atom. The van der Waals surface area contributed by atoms with Gasteiger partial charge in [-0.05, 0) is 48.9 Å². The quantitative estimate of drug-likeness (QED) is 0.759. The molecule has 1 nitrogen and oxygen atoms in total. The fourth-order valence-electron chi connectivity index (χ4n) is 3.42. The molecule has 0 amide bonds. The summed E-state index contributed by atoms with van der Waals surface area (Å²) in [7, 11) is 0. The molecule has 0 spiro atoms. The number of aliphatic hydroxyl groups excluding tert-OH is 1. The molecular weight excluding hydrogens is 208 g/mol. The number of aliphatic hydroxyl groups is 1. The maximum Gasteiger partial charge on any atom is 0.0568 e. The topological polar surface area (TPSA) is 20.2 Å². The second-order valence-corrected chi connectivity index (χ2v) is 7.33. The Labute approximate surface area is 108 Å². The van der Waals surface area contributed by atoms with Gasteiger partial charge in [-0.25, -0.2) is 0 Å². The minimum atomic E-state index is -0.0343. The summed E-state index contributed by atoms with van der Waals surface area (Å²) in [5.74, 6) is 2.12. The second-order valence-electron chi connectivity index (χ2n) is 7.33. The predicted octanol–water partition coefficient (Wildman–Crippen LogP) is 4.64. The molecule has 1 saturated carbocycles. The first kappa shape index (κ1) is 15.0. The van der Waals surface area contributed by atoms with Crippen LogP contribution in [0.15, 0.2) is 0 Å². The predicted molar refractivity (Wildman–Crippen MR) is 75.0 cm³/mol. The molecule has 0 aromatic rings. The molecule has 1 N–H and O–H groups in total. The van der Waals surface area contributed by atoms with Crippen LogP contribution in [0.25, 0.3) is 0 Å². The van der Waals surface area contributed by atoms with Gasteiger partial charge in [0.1, 0.15) is 0 Å². The van der Waals surface area contributed by atoms with Crippen LogP contribution >= 0.6 is 0 Å². The number of hydrogen-bond acceptors (Lipinski definition) is 1. The van der Waals surface area contributed by atoms with E-state index >= 15 is 0 Å². The van der Waals surface area contributed by atoms with Crippen LogP contribution in [0.4, 0.5) is 0 Å². The van der Waals surface area contributed by atoms with Crippen molar-refractivity contribution in [1.82, 2.24) is 0 Å². The third-order valence-corrected chi connectivity index (χ3v) is 4.65. The third kappa shape index (κ3) is 4.62. The summed E-state index contributed by atoms with van der Waals surface area (Å²) in [5, 5.41) is 10.2. The van der Waals surface area contributed by atoms with Crippen LogP contribution in [0.3, 0.4) is 0 Å². The molecule has 4 atom stereocenters. The highest BCUT2D eigenvalue weighted by molar-refractivity contribution is 4.86. The molecule has 0 saturated heterocycles. The van der Waals surface area contributed by atoms with Gasteiger partial charge in [0, 0.05) is 0 Å². The average molecular weight is 240 g/mol. The molecule has 0 radical (unpaired) electrons. The van der Waals surface area contributed by atoms with Crippen molar-refractivity contribution in [1.29, 1.82) is 0 Å². The second kappa shape index (κ2) is 6.22. The Morgan fingerprint density at radius 3 is 2.41 bits per heavy atom. The molecule has 1 rings (SSSR count). The summed E-state index contributed by atoms with van der Waals surface area (Å²) in [6.45, 7) is 11.6. The molecule has 4 unspecified atom stereocenters. The Hall–Kier alpha value is -0.0400. The molecule has 1 fully saturated rings. The lowest BCUT2D eigenvalue weighted by Gasteiger charge is -2.41. The van der Waals surface area contributed by atoms with Crippen molar-refractivity contribution in [2.24, 2.45) is 23.2 Å². The fourth-order valence-corrected chi connectivity index (χ4v) is 3.42. The minimum absolute atomic E-state index is 0.0343. The minimum Gasteiger partial charge on any atom is -0.393 e. The highest BCUT2D eigenvalue weighted by atomic mass is 16.3. The molecule has 102 valence electrons. The summed E-state index contributed by atoms with van der Waals surface area (Å²) in [6, 6.07) is 0. The van der Waals surface area contributed by atoms with E-state index in [1.807, 2.05) is 0 Å². The zero-order valence-electron chi connectivity index (χ0n) is 12.5. The van der Waals surface area contributed by atoms with E-state index in [0.717, 1.165) is 18.3 Å². The molecule has 0 aromatic carbocycles. The molecule has 0 aliphatic heterocycles. The van der Waals surface area contributed by atoms with Crippen LogP contribution in [-0.2, 0) is 0 Å². The lowest BCUT2D eigenvalue weighted by Crippen LogP contribution is -2.35. The Bertz CT molecular complexity index is 216. The average Bonchev–Trinajstić information content (AvgIpc) is 2.20. The molecule has 17 heavy (non-hydrogen) atoms. The SMILES string of the molecule is CCCC(C)CC1CC(C(C)(C)C)CCC1O. The van der Waals surface area contributed by atoms with Crippen molar-refractivity contribution >= 4 is 0 Å². The molecule has 0 heterocycles. The van der Waals surface area contributed by atoms with Crippen molar-refractivity contribution in [2.75, 3.05) is 0 Å². The summed E-state index contributed by atoms with van der Waals surface area (Å²) >= 11 is 0. The number of rotatable bonds is 4. The van der Waals surface area contributed by atoms with Gasteiger partial charge < -0.3 is 5.11 Å². The first-order chi connectivity index (χ1) is 7.84. The van der Waals surface area contributed by atoms with Gasteiger partial charge in [0.05, 0.1) is 6.10 Å². The van der Waals surface area contributed by atoms with E-state index in [0.29, 0.717) is 11.3 Å². The molecule has 1 aliphatic carbocycles. The maximum absolute atomic E-state index is 10.2. The highest BCUT2D eigenvalue weighted by Crippen LogP contribution is 2.42. The summed E-state index contributed by atoms with van der Waals surface area (Å²) in [4.78, 5) is 0. The maximum atomic E-state index is 10.2. The van der Waals surface area contributed by atoms with Crippen LogP contribution in [0, 0.1) is 23.2 Å². The van der Waals surface area contributed by atoms with Crippen molar-refractivity contribution in [3.05, 3.63) is 0 Å². The van der Waals surface area contributed by atoms with Crippen molar-refractivity contribution in [2.45, 2.75) is 79.2 Å². The first-order valence-corrected chi connectivity index (χ1v) is 7.52. The van der Waals surface area contributed by atoms with Crippen LogP contribution in [0.1, 0.15) is 73.1 Å². The van der Waals surface area contributed by atoms with Crippen molar-refractivity contribution < 1.29 is 5.11 Å². The van der Waals surface area contributed by atoms with E-state index in [1.165, 1.54) is 32.1 Å². The Kier molecular flexibility index (Phi) is 5.50. The lowest BCUT2D eigenvalue weighted by molar-refractivity contribution is 0.00930. The molecule has 0 aromatic heterocycles. The van der Waals surface area contributed by atoms with Crippen LogP contribution in [0.2, 0.25) is 0 Å². The monoisotopic (exact) mass is 240 g/mol. The first-order valence-electron chi connectivity index (χ1n) is 7.52. The van der Waals surface area contributed by atoms with Gasteiger partial charge >= 0.3 is 0 Å². The number of hydrogen-bond donors (Lipinski definition) is 1. The van der Waals surface area contributed by atoms with E-state index in [9.17, 15) is 5.11 Å². The van der Waals surface area contributed by atoms with Crippen LogP contribution in [0.5, 0.6) is 0 Å². The van der Waals surface area contributed by atoms with Crippen molar-refractivity contribution in [3.8, 4) is 0 Å². The van der Waals surface area contributed by atoms with Gasteiger partial charge in [0.15, 0.2) is 0 Å². The van der Waals surface area contributed by atoms with Gasteiger partial charge in [-0.3, -0.25) is 0 Å². The Morgan fingerprint density at radius 2 is 1.88 bits per heavy atom. The Balaban J connectivity index is 2.52. The molecule has 1 heteroatoms. The third-order valence-electron chi connectivity index (χ3n) is 4.65. The van der Waals surface area contributed by atoms with Crippen LogP contribution < -0.4 is 0 Å². The molecular formula is C16H32O. The fraction of sp³-hybridized carbons (Fsp3) is 1.00. The van der Waals surface area contributed by atoms with Gasteiger partial charge in [0.25, 0.3) is 0 Å². The lowest BCUT2D eigenvalue weighted by atomic mass is 9.66. The zero-order chi connectivity index (χ0) is 13.1. The van der Waals surface area contributed by atoms with Crippen molar-refractivity contribution in [3.63, 3.8) is 0 Å². The summed E-state index contributed by atoms with van der Waals surface area (Å²) in [5.41, 5.74) is 0.409. The largest absolute Gasteiger partial charge is 0.393 e. The van der Waals surface area contributed by atoms with E-state index in [-0.39, 0.29) is 6.10 Å². The molecule has 0 bridgehead atoms. The normalized spacial score (nSPS) is 32.5. The molecule has 1 aliphatic rings. The smallest absolute Gasteiger partial charge is 0.0568 e. The standard InChI is InChI=1S/C16H32O/c1-6-7-12(2)10-13-11-14(16(3,4)5)8-9-15(13)17/h12-15,17H,6-11H2,1-5H3. The zero-order valence-corrected chi connectivity index (χ0v) is 12.5. The van der Waals surface area contributed by atoms with E-state index in [1.54, 1.807) is 0 Å². The van der Waals surface area contributed by atoms with Crippen LogP contribution in [-0.4, -0.2) is 11.2 Å². The highest BCUT2D eigenvalue weighted by Gasteiger charge is 2.35. The van der Waals surface area contributed by atoms with E-state index in [4.69, 9.17) is 0 Å². The summed E-state index contributed by atoms with van der Waals surface area (Å²) < 4.78 is 0. The summed E-state index contributed by atoms with van der Waals surface area (Å²) in [6.07, 6.45) is 7.23. The van der Waals surface area contributed by atoms with E-state index < -0.39 is 0 Å². The van der Waals surface area contributed by atoms with Gasteiger partial charge in [-0.1, -0.05) is 47.5 Å². The van der Waals surface area contributed by atoms with Gasteiger partial charge in [0.2, 0.25) is 0 Å². The van der Waals surface area contributed by atoms with E-state index in [2.05, 4.69) is 34.6 Å².